The second kappa shape index (κ2) is 6.56. The zero-order valence-corrected chi connectivity index (χ0v) is 13.9. The van der Waals surface area contributed by atoms with E-state index in [9.17, 15) is 28.1 Å². The molecule has 0 aromatic heterocycles. The molecule has 10 heteroatoms. The summed E-state index contributed by atoms with van der Waals surface area (Å²) in [5.41, 5.74) is -0.263. The number of hydrogen-bond acceptors (Lipinski definition) is 7. The van der Waals surface area contributed by atoms with Gasteiger partial charge in [0.15, 0.2) is 0 Å². The zero-order valence-electron chi connectivity index (χ0n) is 13.0. The van der Waals surface area contributed by atoms with Crippen LogP contribution in [0.1, 0.15) is 13.3 Å². The lowest BCUT2D eigenvalue weighted by Gasteiger charge is -2.16. The summed E-state index contributed by atoms with van der Waals surface area (Å²) in [6.45, 7) is 1.38. The standard InChI is InChI=1S/C14H16N2O7S/c1-3-11-12(14(18)23-2)8-15(13(11)17)24(21,22)10-6-4-9(5-7-10)16(19)20/h4-7,11-12H,3,8H2,1-2H3. The Kier molecular flexibility index (Phi) is 4.88. The fourth-order valence-corrected chi connectivity index (χ4v) is 4.15. The van der Waals surface area contributed by atoms with Gasteiger partial charge in [0.05, 0.1) is 35.3 Å². The molecule has 0 aliphatic carbocycles. The van der Waals surface area contributed by atoms with Crippen molar-refractivity contribution in [2.24, 2.45) is 11.8 Å². The van der Waals surface area contributed by atoms with Crippen LogP contribution in [0.2, 0.25) is 0 Å². The topological polar surface area (TPSA) is 124 Å². The van der Waals surface area contributed by atoms with E-state index in [0.29, 0.717) is 10.7 Å². The maximum absolute atomic E-state index is 12.6. The number of methoxy groups -OCH3 is 1. The summed E-state index contributed by atoms with van der Waals surface area (Å²) in [4.78, 5) is 33.9. The molecule has 2 rings (SSSR count). The molecule has 130 valence electrons. The van der Waals surface area contributed by atoms with Crippen LogP contribution in [-0.2, 0) is 24.3 Å². The number of non-ortho nitro benzene ring substituents is 1. The SMILES string of the molecule is CCC1C(=O)N(S(=O)(=O)c2ccc([N+](=O)[O-])cc2)CC1C(=O)OC. The van der Waals surface area contributed by atoms with Crippen LogP contribution in [-0.4, -0.2) is 43.2 Å². The van der Waals surface area contributed by atoms with Crippen LogP contribution in [0, 0.1) is 22.0 Å². The number of carbonyl (C=O) groups is 2. The third-order valence-electron chi connectivity index (χ3n) is 3.99. The minimum atomic E-state index is -4.19. The molecule has 2 atom stereocenters. The minimum Gasteiger partial charge on any atom is -0.469 e. The number of ether oxygens (including phenoxy) is 1. The van der Waals surface area contributed by atoms with Crippen LogP contribution in [0.15, 0.2) is 29.2 Å². The molecule has 1 aliphatic heterocycles. The molecular formula is C14H16N2O7S. The first-order valence-corrected chi connectivity index (χ1v) is 8.56. The molecule has 2 unspecified atom stereocenters. The first-order valence-electron chi connectivity index (χ1n) is 7.12. The molecule has 0 spiro atoms. The van der Waals surface area contributed by atoms with Crippen molar-refractivity contribution in [3.8, 4) is 0 Å². The fourth-order valence-electron chi connectivity index (χ4n) is 2.69. The summed E-state index contributed by atoms with van der Waals surface area (Å²) in [5.74, 6) is -2.95. The smallest absolute Gasteiger partial charge is 0.311 e. The lowest BCUT2D eigenvalue weighted by atomic mass is 9.93. The van der Waals surface area contributed by atoms with Gasteiger partial charge in [0, 0.05) is 12.1 Å². The quantitative estimate of drug-likeness (QED) is 0.437. The lowest BCUT2D eigenvalue weighted by molar-refractivity contribution is -0.384. The highest BCUT2D eigenvalue weighted by Crippen LogP contribution is 2.33. The summed E-state index contributed by atoms with van der Waals surface area (Å²) in [7, 11) is -3.02. The van der Waals surface area contributed by atoms with E-state index in [1.807, 2.05) is 0 Å². The number of esters is 1. The van der Waals surface area contributed by atoms with Gasteiger partial charge in [-0.2, -0.15) is 0 Å². The van der Waals surface area contributed by atoms with Gasteiger partial charge in [-0.15, -0.1) is 0 Å². The van der Waals surface area contributed by atoms with Gasteiger partial charge in [0.25, 0.3) is 15.7 Å². The molecule has 1 saturated heterocycles. The van der Waals surface area contributed by atoms with Crippen molar-refractivity contribution < 1.29 is 27.7 Å². The normalized spacial score (nSPS) is 20.9. The second-order valence-corrected chi connectivity index (χ2v) is 7.13. The van der Waals surface area contributed by atoms with Crippen LogP contribution in [0.25, 0.3) is 0 Å². The van der Waals surface area contributed by atoms with Gasteiger partial charge < -0.3 is 4.74 Å². The van der Waals surface area contributed by atoms with E-state index in [-0.39, 0.29) is 17.1 Å². The van der Waals surface area contributed by atoms with Crippen molar-refractivity contribution in [2.45, 2.75) is 18.2 Å². The summed E-state index contributed by atoms with van der Waals surface area (Å²) < 4.78 is 30.5. The molecule has 0 radical (unpaired) electrons. The molecule has 1 aliphatic rings. The number of nitrogens with zero attached hydrogens (tertiary/aromatic N) is 2. The Balaban J connectivity index is 2.37. The first-order chi connectivity index (χ1) is 11.2. The fraction of sp³-hybridized carbons (Fsp3) is 0.429. The number of nitro benzene ring substituents is 1. The Morgan fingerprint density at radius 2 is 1.96 bits per heavy atom. The van der Waals surface area contributed by atoms with Crippen LogP contribution in [0.3, 0.4) is 0 Å². The number of sulfonamides is 1. The summed E-state index contributed by atoms with van der Waals surface area (Å²) >= 11 is 0. The highest BCUT2D eigenvalue weighted by atomic mass is 32.2. The van der Waals surface area contributed by atoms with E-state index in [1.54, 1.807) is 6.92 Å². The third kappa shape index (κ3) is 2.96. The van der Waals surface area contributed by atoms with Crippen LogP contribution in [0.4, 0.5) is 5.69 Å². The Morgan fingerprint density at radius 3 is 2.42 bits per heavy atom. The minimum absolute atomic E-state index is 0.248. The predicted octanol–water partition coefficient (Wildman–Crippen LogP) is 0.941. The predicted molar refractivity (Wildman–Crippen MR) is 81.3 cm³/mol. The Labute approximate surface area is 138 Å². The van der Waals surface area contributed by atoms with Gasteiger partial charge in [-0.3, -0.25) is 19.7 Å². The Hall–Kier alpha value is -2.49. The van der Waals surface area contributed by atoms with Crippen molar-refractivity contribution >= 4 is 27.6 Å². The van der Waals surface area contributed by atoms with Gasteiger partial charge in [-0.05, 0) is 18.6 Å². The average Bonchev–Trinajstić information content (AvgIpc) is 2.91. The molecule has 1 amide bonds. The van der Waals surface area contributed by atoms with Crippen LogP contribution >= 0.6 is 0 Å². The van der Waals surface area contributed by atoms with Crippen LogP contribution in [0.5, 0.6) is 0 Å². The van der Waals surface area contributed by atoms with Crippen molar-refractivity contribution in [1.29, 1.82) is 0 Å². The van der Waals surface area contributed by atoms with Crippen molar-refractivity contribution in [1.82, 2.24) is 4.31 Å². The number of nitro groups is 1. The second-order valence-electron chi connectivity index (χ2n) is 5.27. The summed E-state index contributed by atoms with van der Waals surface area (Å²) in [6, 6.07) is 4.21. The number of amides is 1. The van der Waals surface area contributed by atoms with E-state index in [0.717, 1.165) is 24.3 Å². The molecule has 1 aromatic carbocycles. The number of hydrogen-bond donors (Lipinski definition) is 0. The third-order valence-corrected chi connectivity index (χ3v) is 5.77. The van der Waals surface area contributed by atoms with E-state index in [4.69, 9.17) is 0 Å². The van der Waals surface area contributed by atoms with E-state index in [1.165, 1.54) is 7.11 Å². The van der Waals surface area contributed by atoms with Gasteiger partial charge in [-0.1, -0.05) is 6.92 Å². The molecular weight excluding hydrogens is 340 g/mol. The maximum atomic E-state index is 12.6. The first kappa shape index (κ1) is 17.9. The van der Waals surface area contributed by atoms with Gasteiger partial charge in [0.1, 0.15) is 0 Å². The molecule has 0 saturated carbocycles. The zero-order chi connectivity index (χ0) is 18.1. The monoisotopic (exact) mass is 356 g/mol. The maximum Gasteiger partial charge on any atom is 0.311 e. The van der Waals surface area contributed by atoms with Gasteiger partial charge in [0.2, 0.25) is 5.91 Å². The number of benzene rings is 1. The van der Waals surface area contributed by atoms with E-state index >= 15 is 0 Å². The number of rotatable bonds is 5. The van der Waals surface area contributed by atoms with Crippen molar-refractivity contribution in [2.75, 3.05) is 13.7 Å². The van der Waals surface area contributed by atoms with Gasteiger partial charge in [-0.25, -0.2) is 12.7 Å². The average molecular weight is 356 g/mol. The molecule has 0 N–H and O–H groups in total. The molecule has 0 bridgehead atoms. The van der Waals surface area contributed by atoms with E-state index < -0.39 is 38.7 Å². The number of carbonyl (C=O) groups excluding carboxylic acids is 2. The Bertz CT molecular complexity index is 773. The van der Waals surface area contributed by atoms with Gasteiger partial charge >= 0.3 is 5.97 Å². The van der Waals surface area contributed by atoms with Crippen LogP contribution < -0.4 is 0 Å². The largest absolute Gasteiger partial charge is 0.469 e. The molecule has 24 heavy (non-hydrogen) atoms. The van der Waals surface area contributed by atoms with Crippen molar-refractivity contribution in [3.05, 3.63) is 34.4 Å². The summed E-state index contributed by atoms with van der Waals surface area (Å²) in [6.07, 6.45) is 0.297. The Morgan fingerprint density at radius 1 is 1.38 bits per heavy atom. The van der Waals surface area contributed by atoms with E-state index in [2.05, 4.69) is 4.74 Å². The molecule has 1 aromatic rings. The highest BCUT2D eigenvalue weighted by Gasteiger charge is 2.48. The molecule has 1 fully saturated rings. The molecule has 1 heterocycles. The lowest BCUT2D eigenvalue weighted by Crippen LogP contribution is -2.33. The molecule has 9 nitrogen and oxygen atoms in total. The van der Waals surface area contributed by atoms with Crippen molar-refractivity contribution in [3.63, 3.8) is 0 Å². The highest BCUT2D eigenvalue weighted by molar-refractivity contribution is 7.89. The summed E-state index contributed by atoms with van der Waals surface area (Å²) in [5, 5.41) is 10.6.